The maximum Gasteiger partial charge on any atom is 0.274 e. The van der Waals surface area contributed by atoms with Crippen LogP contribution in [-0.2, 0) is 6.42 Å². The van der Waals surface area contributed by atoms with Crippen LogP contribution in [0.2, 0.25) is 0 Å². The molecule has 0 bridgehead atoms. The van der Waals surface area contributed by atoms with Crippen LogP contribution in [0.1, 0.15) is 34.7 Å². The maximum atomic E-state index is 13.5. The normalized spacial score (nSPS) is 18.5. The number of nitrogens with one attached hydrogen (secondary N) is 2. The van der Waals surface area contributed by atoms with E-state index in [1.54, 1.807) is 17.0 Å². The Morgan fingerprint density at radius 3 is 3.05 bits per heavy atom. The number of halogens is 1. The average molecular weight is 302 g/mol. The largest absolute Gasteiger partial charge is 0.328 e. The fourth-order valence-electron chi connectivity index (χ4n) is 2.76. The molecule has 116 valence electrons. The van der Waals surface area contributed by atoms with Gasteiger partial charge in [-0.3, -0.25) is 9.89 Å². The van der Waals surface area contributed by atoms with Gasteiger partial charge in [0.05, 0.1) is 6.04 Å². The molecule has 0 saturated carbocycles. The fraction of sp³-hybridized carbons (Fsp3) is 0.375. The third-order valence-corrected chi connectivity index (χ3v) is 3.97. The Balaban J connectivity index is 1.87. The Morgan fingerprint density at radius 1 is 1.45 bits per heavy atom. The lowest BCUT2D eigenvalue weighted by atomic mass is 10.0. The number of nitrogens with zero attached hydrogens (tertiary/aromatic N) is 2. The van der Waals surface area contributed by atoms with Crippen molar-refractivity contribution in [2.24, 2.45) is 0 Å². The first-order chi connectivity index (χ1) is 10.7. The highest BCUT2D eigenvalue weighted by Crippen LogP contribution is 2.24. The number of carbonyl (C=O) groups is 1. The Kier molecular flexibility index (Phi) is 4.20. The third kappa shape index (κ3) is 2.87. The number of benzene rings is 1. The molecule has 3 rings (SSSR count). The summed E-state index contributed by atoms with van der Waals surface area (Å²) in [7, 11) is 0. The van der Waals surface area contributed by atoms with Crippen molar-refractivity contribution in [3.8, 4) is 0 Å². The van der Waals surface area contributed by atoms with E-state index in [0.717, 1.165) is 24.2 Å². The SMILES string of the molecule is CCc1cc(C(=O)N2CCNCC2c2cccc(F)c2)n[nH]1. The first-order valence-electron chi connectivity index (χ1n) is 7.50. The fourth-order valence-corrected chi connectivity index (χ4v) is 2.76. The average Bonchev–Trinajstić information content (AvgIpc) is 3.03. The molecule has 2 aromatic rings. The summed E-state index contributed by atoms with van der Waals surface area (Å²) in [6.07, 6.45) is 0.801. The van der Waals surface area contributed by atoms with Crippen LogP contribution in [0.5, 0.6) is 0 Å². The second kappa shape index (κ2) is 6.27. The zero-order chi connectivity index (χ0) is 15.5. The Bertz CT molecular complexity index is 670. The molecule has 22 heavy (non-hydrogen) atoms. The van der Waals surface area contributed by atoms with E-state index in [0.29, 0.717) is 18.8 Å². The number of H-pyrrole nitrogens is 1. The number of aromatic nitrogens is 2. The molecule has 2 N–H and O–H groups in total. The van der Waals surface area contributed by atoms with Gasteiger partial charge < -0.3 is 10.2 Å². The molecular weight excluding hydrogens is 283 g/mol. The van der Waals surface area contributed by atoms with Gasteiger partial charge in [-0.1, -0.05) is 19.1 Å². The molecule has 1 saturated heterocycles. The van der Waals surface area contributed by atoms with Crippen molar-refractivity contribution in [3.05, 3.63) is 53.1 Å². The minimum atomic E-state index is -0.288. The Hall–Kier alpha value is -2.21. The molecule has 0 spiro atoms. The van der Waals surface area contributed by atoms with Crippen molar-refractivity contribution in [2.45, 2.75) is 19.4 Å². The summed E-state index contributed by atoms with van der Waals surface area (Å²) in [6.45, 7) is 3.92. The standard InChI is InChI=1S/C16H19FN4O/c1-2-13-9-14(20-19-13)16(22)21-7-6-18-10-15(21)11-4-3-5-12(17)8-11/h3-5,8-9,15,18H,2,6-7,10H2,1H3,(H,19,20). The van der Waals surface area contributed by atoms with E-state index in [2.05, 4.69) is 15.5 Å². The number of aromatic amines is 1. The van der Waals surface area contributed by atoms with E-state index < -0.39 is 0 Å². The third-order valence-electron chi connectivity index (χ3n) is 3.97. The Labute approximate surface area is 128 Å². The van der Waals surface area contributed by atoms with Crippen LogP contribution in [-0.4, -0.2) is 40.6 Å². The number of amides is 1. The van der Waals surface area contributed by atoms with E-state index in [1.165, 1.54) is 12.1 Å². The summed E-state index contributed by atoms with van der Waals surface area (Å²) < 4.78 is 13.5. The van der Waals surface area contributed by atoms with Crippen LogP contribution in [0.25, 0.3) is 0 Å². The van der Waals surface area contributed by atoms with Crippen LogP contribution < -0.4 is 5.32 Å². The molecule has 2 heterocycles. The van der Waals surface area contributed by atoms with E-state index in [4.69, 9.17) is 0 Å². The van der Waals surface area contributed by atoms with Crippen molar-refractivity contribution >= 4 is 5.91 Å². The topological polar surface area (TPSA) is 61.0 Å². The number of rotatable bonds is 3. The maximum absolute atomic E-state index is 13.5. The van der Waals surface area contributed by atoms with Crippen molar-refractivity contribution in [1.82, 2.24) is 20.4 Å². The monoisotopic (exact) mass is 302 g/mol. The summed E-state index contributed by atoms with van der Waals surface area (Å²) in [6, 6.07) is 8.02. The van der Waals surface area contributed by atoms with Crippen molar-refractivity contribution in [2.75, 3.05) is 19.6 Å². The van der Waals surface area contributed by atoms with Gasteiger partial charge in [0.1, 0.15) is 11.5 Å². The number of aryl methyl sites for hydroxylation is 1. The zero-order valence-corrected chi connectivity index (χ0v) is 12.5. The Morgan fingerprint density at radius 2 is 2.32 bits per heavy atom. The summed E-state index contributed by atoms with van der Waals surface area (Å²) in [5.74, 6) is -0.407. The second-order valence-corrected chi connectivity index (χ2v) is 5.41. The molecular formula is C16H19FN4O. The number of piperazine rings is 1. The van der Waals surface area contributed by atoms with Crippen LogP contribution in [0.3, 0.4) is 0 Å². The lowest BCUT2D eigenvalue weighted by Crippen LogP contribution is -2.48. The van der Waals surface area contributed by atoms with E-state index in [-0.39, 0.29) is 17.8 Å². The van der Waals surface area contributed by atoms with Gasteiger partial charge in [-0.25, -0.2) is 4.39 Å². The van der Waals surface area contributed by atoms with E-state index in [1.807, 2.05) is 13.0 Å². The highest BCUT2D eigenvalue weighted by atomic mass is 19.1. The van der Waals surface area contributed by atoms with Gasteiger partial charge in [0, 0.05) is 25.3 Å². The van der Waals surface area contributed by atoms with Crippen molar-refractivity contribution in [3.63, 3.8) is 0 Å². The predicted molar refractivity (Wildman–Crippen MR) is 81.0 cm³/mol. The second-order valence-electron chi connectivity index (χ2n) is 5.41. The molecule has 1 aliphatic heterocycles. The summed E-state index contributed by atoms with van der Waals surface area (Å²) in [5.41, 5.74) is 2.15. The molecule has 1 amide bonds. The van der Waals surface area contributed by atoms with Gasteiger partial charge in [-0.15, -0.1) is 0 Å². The molecule has 5 nitrogen and oxygen atoms in total. The molecule has 1 aromatic heterocycles. The van der Waals surface area contributed by atoms with Crippen LogP contribution >= 0.6 is 0 Å². The first kappa shape index (κ1) is 14.7. The molecule has 1 aromatic carbocycles. The molecule has 6 heteroatoms. The number of hydrogen-bond donors (Lipinski definition) is 2. The molecule has 0 aliphatic carbocycles. The summed E-state index contributed by atoms with van der Waals surface area (Å²) in [5, 5.41) is 10.2. The molecule has 1 fully saturated rings. The van der Waals surface area contributed by atoms with Crippen LogP contribution in [0.4, 0.5) is 4.39 Å². The minimum absolute atomic E-state index is 0.119. The lowest BCUT2D eigenvalue weighted by molar-refractivity contribution is 0.0628. The van der Waals surface area contributed by atoms with Crippen LogP contribution in [0, 0.1) is 5.82 Å². The quantitative estimate of drug-likeness (QED) is 0.910. The predicted octanol–water partition coefficient (Wildman–Crippen LogP) is 1.90. The molecule has 1 aliphatic rings. The van der Waals surface area contributed by atoms with Crippen LogP contribution in [0.15, 0.2) is 30.3 Å². The van der Waals surface area contributed by atoms with Gasteiger partial charge >= 0.3 is 0 Å². The smallest absolute Gasteiger partial charge is 0.274 e. The van der Waals surface area contributed by atoms with Gasteiger partial charge in [0.2, 0.25) is 0 Å². The van der Waals surface area contributed by atoms with Gasteiger partial charge in [-0.2, -0.15) is 5.10 Å². The number of hydrogen-bond acceptors (Lipinski definition) is 3. The number of carbonyl (C=O) groups excluding carboxylic acids is 1. The summed E-state index contributed by atoms with van der Waals surface area (Å²) >= 11 is 0. The highest BCUT2D eigenvalue weighted by Gasteiger charge is 2.30. The van der Waals surface area contributed by atoms with Gasteiger partial charge in [0.25, 0.3) is 5.91 Å². The minimum Gasteiger partial charge on any atom is -0.328 e. The van der Waals surface area contributed by atoms with Gasteiger partial charge in [0.15, 0.2) is 0 Å². The molecule has 1 atom stereocenters. The van der Waals surface area contributed by atoms with E-state index in [9.17, 15) is 9.18 Å². The first-order valence-corrected chi connectivity index (χ1v) is 7.50. The highest BCUT2D eigenvalue weighted by molar-refractivity contribution is 5.92. The van der Waals surface area contributed by atoms with Gasteiger partial charge in [-0.05, 0) is 30.2 Å². The van der Waals surface area contributed by atoms with E-state index >= 15 is 0 Å². The zero-order valence-electron chi connectivity index (χ0n) is 12.5. The molecule has 1 unspecified atom stereocenters. The van der Waals surface area contributed by atoms with Crippen molar-refractivity contribution in [1.29, 1.82) is 0 Å². The molecule has 0 radical (unpaired) electrons. The van der Waals surface area contributed by atoms with Crippen molar-refractivity contribution < 1.29 is 9.18 Å². The lowest BCUT2D eigenvalue weighted by Gasteiger charge is -2.36. The summed E-state index contributed by atoms with van der Waals surface area (Å²) in [4.78, 5) is 14.5.